The first kappa shape index (κ1) is 11.0. The van der Waals surface area contributed by atoms with E-state index in [0.29, 0.717) is 16.3 Å². The Labute approximate surface area is 97.1 Å². The van der Waals surface area contributed by atoms with E-state index in [2.05, 4.69) is 9.97 Å². The molecule has 16 heavy (non-hydrogen) atoms. The van der Waals surface area contributed by atoms with Crippen LogP contribution >= 0.6 is 11.6 Å². The lowest BCUT2D eigenvalue weighted by Crippen LogP contribution is -2.14. The molecule has 0 fully saturated rings. The second-order valence-electron chi connectivity index (χ2n) is 3.28. The number of aromatic nitrogens is 2. The second kappa shape index (κ2) is 4.55. The highest BCUT2D eigenvalue weighted by molar-refractivity contribution is 6.31. The summed E-state index contributed by atoms with van der Waals surface area (Å²) in [6.07, 6.45) is 3.01. The van der Waals surface area contributed by atoms with Crippen LogP contribution in [0.3, 0.4) is 0 Å². The average molecular weight is 238 g/mol. The minimum atomic E-state index is -0.476. The van der Waals surface area contributed by atoms with Gasteiger partial charge in [0.05, 0.1) is 11.7 Å². The Balaban J connectivity index is 2.38. The van der Waals surface area contributed by atoms with Crippen LogP contribution in [0.1, 0.15) is 17.3 Å². The Kier molecular flexibility index (Phi) is 3.12. The van der Waals surface area contributed by atoms with Crippen molar-refractivity contribution in [1.29, 1.82) is 0 Å². The quantitative estimate of drug-likeness (QED) is 0.872. The maximum absolute atomic E-state index is 12.9. The molecule has 0 spiro atoms. The van der Waals surface area contributed by atoms with Gasteiger partial charge in [0.1, 0.15) is 12.1 Å². The summed E-state index contributed by atoms with van der Waals surface area (Å²) in [4.78, 5) is 7.83. The molecular weight excluding hydrogens is 229 g/mol. The van der Waals surface area contributed by atoms with Crippen molar-refractivity contribution in [2.24, 2.45) is 5.73 Å². The fourth-order valence-corrected chi connectivity index (χ4v) is 1.68. The van der Waals surface area contributed by atoms with Gasteiger partial charge in [0.25, 0.3) is 0 Å². The molecule has 1 heterocycles. The van der Waals surface area contributed by atoms with Crippen molar-refractivity contribution in [2.45, 2.75) is 6.04 Å². The van der Waals surface area contributed by atoms with Crippen LogP contribution in [0.5, 0.6) is 0 Å². The summed E-state index contributed by atoms with van der Waals surface area (Å²) in [7, 11) is 0. The summed E-state index contributed by atoms with van der Waals surface area (Å²) in [5, 5.41) is 0.297. The number of rotatable bonds is 2. The average Bonchev–Trinajstić information content (AvgIpc) is 2.29. The number of benzene rings is 1. The molecule has 1 aromatic carbocycles. The summed E-state index contributed by atoms with van der Waals surface area (Å²) in [6, 6.07) is 5.34. The molecule has 2 rings (SSSR count). The molecule has 0 aliphatic rings. The van der Waals surface area contributed by atoms with Crippen LogP contribution in [0, 0.1) is 5.82 Å². The largest absolute Gasteiger partial charge is 0.319 e. The molecule has 2 N–H and O–H groups in total. The molecule has 5 heteroatoms. The fraction of sp³-hybridized carbons (Fsp3) is 0.0909. The molecule has 0 saturated carbocycles. The molecule has 0 aliphatic heterocycles. The molecule has 0 amide bonds. The van der Waals surface area contributed by atoms with Gasteiger partial charge < -0.3 is 5.73 Å². The van der Waals surface area contributed by atoms with Gasteiger partial charge in [0.2, 0.25) is 0 Å². The van der Waals surface area contributed by atoms with E-state index < -0.39 is 6.04 Å². The predicted molar refractivity (Wildman–Crippen MR) is 59.5 cm³/mol. The third kappa shape index (κ3) is 2.18. The second-order valence-corrected chi connectivity index (χ2v) is 3.68. The maximum Gasteiger partial charge on any atom is 0.124 e. The zero-order valence-corrected chi connectivity index (χ0v) is 9.03. The number of hydrogen-bond acceptors (Lipinski definition) is 3. The Bertz CT molecular complexity index is 490. The van der Waals surface area contributed by atoms with Crippen molar-refractivity contribution in [2.75, 3.05) is 0 Å². The number of hydrogen-bond donors (Lipinski definition) is 1. The van der Waals surface area contributed by atoms with Gasteiger partial charge >= 0.3 is 0 Å². The van der Waals surface area contributed by atoms with Crippen LogP contribution in [-0.4, -0.2) is 9.97 Å². The van der Waals surface area contributed by atoms with Gasteiger partial charge in [-0.1, -0.05) is 17.7 Å². The van der Waals surface area contributed by atoms with Crippen molar-refractivity contribution in [3.63, 3.8) is 0 Å². The third-order valence-corrected chi connectivity index (χ3v) is 2.55. The van der Waals surface area contributed by atoms with Crippen LogP contribution in [0.15, 0.2) is 36.8 Å². The molecule has 0 aliphatic carbocycles. The van der Waals surface area contributed by atoms with Crippen molar-refractivity contribution in [3.8, 4) is 0 Å². The molecule has 0 bridgehead atoms. The SMILES string of the molecule is NC(c1ccncn1)c1ccc(F)cc1Cl. The van der Waals surface area contributed by atoms with E-state index in [-0.39, 0.29) is 5.82 Å². The van der Waals surface area contributed by atoms with Crippen LogP contribution < -0.4 is 5.73 Å². The van der Waals surface area contributed by atoms with E-state index in [9.17, 15) is 4.39 Å². The van der Waals surface area contributed by atoms with E-state index >= 15 is 0 Å². The van der Waals surface area contributed by atoms with Gasteiger partial charge in [-0.3, -0.25) is 0 Å². The molecule has 82 valence electrons. The van der Waals surface area contributed by atoms with E-state index in [4.69, 9.17) is 17.3 Å². The third-order valence-electron chi connectivity index (χ3n) is 2.22. The summed E-state index contributed by atoms with van der Waals surface area (Å²) in [5.74, 6) is -0.386. The highest BCUT2D eigenvalue weighted by Gasteiger charge is 2.13. The molecule has 2 aromatic rings. The van der Waals surface area contributed by atoms with Gasteiger partial charge in [0, 0.05) is 11.2 Å². The smallest absolute Gasteiger partial charge is 0.124 e. The van der Waals surface area contributed by atoms with E-state index in [0.717, 1.165) is 0 Å². The highest BCUT2D eigenvalue weighted by Crippen LogP contribution is 2.25. The van der Waals surface area contributed by atoms with E-state index in [1.807, 2.05) is 0 Å². The number of nitrogens with two attached hydrogens (primary N) is 1. The lowest BCUT2D eigenvalue weighted by Gasteiger charge is -2.12. The van der Waals surface area contributed by atoms with Crippen molar-refractivity contribution in [3.05, 3.63) is 58.9 Å². The minimum Gasteiger partial charge on any atom is -0.319 e. The lowest BCUT2D eigenvalue weighted by atomic mass is 10.0. The summed E-state index contributed by atoms with van der Waals surface area (Å²) in [6.45, 7) is 0. The first-order valence-electron chi connectivity index (χ1n) is 4.65. The Hall–Kier alpha value is -1.52. The van der Waals surface area contributed by atoms with Gasteiger partial charge in [0.15, 0.2) is 0 Å². The minimum absolute atomic E-state index is 0.297. The molecule has 3 nitrogen and oxygen atoms in total. The Morgan fingerprint density at radius 1 is 1.31 bits per heavy atom. The summed E-state index contributed by atoms with van der Waals surface area (Å²) >= 11 is 5.91. The number of nitrogens with zero attached hydrogens (tertiary/aromatic N) is 2. The monoisotopic (exact) mass is 237 g/mol. The molecule has 1 atom stereocenters. The van der Waals surface area contributed by atoms with Crippen LogP contribution in [-0.2, 0) is 0 Å². The van der Waals surface area contributed by atoms with Crippen LogP contribution in [0.25, 0.3) is 0 Å². The molecule has 1 unspecified atom stereocenters. The summed E-state index contributed by atoms with van der Waals surface area (Å²) in [5.41, 5.74) is 7.25. The van der Waals surface area contributed by atoms with Gasteiger partial charge in [-0.2, -0.15) is 0 Å². The van der Waals surface area contributed by atoms with Gasteiger partial charge in [-0.25, -0.2) is 14.4 Å². The zero-order valence-electron chi connectivity index (χ0n) is 8.27. The Morgan fingerprint density at radius 2 is 2.12 bits per heavy atom. The van der Waals surface area contributed by atoms with Gasteiger partial charge in [-0.15, -0.1) is 0 Å². The molecule has 0 saturated heterocycles. The zero-order chi connectivity index (χ0) is 11.5. The Morgan fingerprint density at radius 3 is 2.75 bits per heavy atom. The molecule has 0 radical (unpaired) electrons. The first-order valence-corrected chi connectivity index (χ1v) is 5.02. The molecule has 1 aromatic heterocycles. The van der Waals surface area contributed by atoms with Gasteiger partial charge in [-0.05, 0) is 23.8 Å². The molecular formula is C11H9ClFN3. The standard InChI is InChI=1S/C11H9ClFN3/c12-9-5-7(13)1-2-8(9)11(14)10-3-4-15-6-16-10/h1-6,11H,14H2. The van der Waals surface area contributed by atoms with Crippen molar-refractivity contribution < 1.29 is 4.39 Å². The van der Waals surface area contributed by atoms with Crippen LogP contribution in [0.2, 0.25) is 5.02 Å². The fourth-order valence-electron chi connectivity index (χ4n) is 1.40. The maximum atomic E-state index is 12.9. The van der Waals surface area contributed by atoms with Crippen LogP contribution in [0.4, 0.5) is 4.39 Å². The predicted octanol–water partition coefficient (Wildman–Crippen LogP) is 2.32. The first-order chi connectivity index (χ1) is 7.68. The van der Waals surface area contributed by atoms with E-state index in [1.54, 1.807) is 18.3 Å². The van der Waals surface area contributed by atoms with E-state index in [1.165, 1.54) is 18.5 Å². The highest BCUT2D eigenvalue weighted by atomic mass is 35.5. The normalized spacial score (nSPS) is 12.4. The number of halogens is 2. The summed E-state index contributed by atoms with van der Waals surface area (Å²) < 4.78 is 12.9. The lowest BCUT2D eigenvalue weighted by molar-refractivity contribution is 0.626. The van der Waals surface area contributed by atoms with Crippen molar-refractivity contribution in [1.82, 2.24) is 9.97 Å². The topological polar surface area (TPSA) is 51.8 Å². The van der Waals surface area contributed by atoms with Crippen molar-refractivity contribution >= 4 is 11.6 Å².